The normalized spacial score (nSPS) is 10.3. The van der Waals surface area contributed by atoms with Crippen LogP contribution in [-0.2, 0) is 6.42 Å². The zero-order chi connectivity index (χ0) is 19.2. The molecule has 1 heterocycles. The minimum Gasteiger partial charge on any atom is -0.497 e. The number of nitrogens with two attached hydrogens (primary N) is 1. The zero-order valence-corrected chi connectivity index (χ0v) is 15.1. The molecule has 0 saturated carbocycles. The van der Waals surface area contributed by atoms with Crippen LogP contribution in [0.25, 0.3) is 0 Å². The quantitative estimate of drug-likeness (QED) is 0.483. The molecule has 0 aliphatic carbocycles. The highest BCUT2D eigenvalue weighted by atomic mass is 16.5. The molecule has 0 aliphatic heterocycles. The number of methoxy groups -OCH3 is 1. The van der Waals surface area contributed by atoms with E-state index in [1.165, 1.54) is 0 Å². The van der Waals surface area contributed by atoms with E-state index < -0.39 is 0 Å². The van der Waals surface area contributed by atoms with E-state index >= 15 is 0 Å². The zero-order valence-electron chi connectivity index (χ0n) is 15.1. The van der Waals surface area contributed by atoms with Crippen molar-refractivity contribution in [1.29, 1.82) is 0 Å². The number of nitrogens with one attached hydrogen (secondary N) is 1. The molecule has 0 saturated heterocycles. The molecule has 27 heavy (non-hydrogen) atoms. The van der Waals surface area contributed by atoms with Crippen molar-refractivity contribution in [2.75, 3.05) is 18.2 Å². The number of aromatic nitrogens is 2. The van der Waals surface area contributed by atoms with E-state index in [1.54, 1.807) is 43.5 Å². The standard InChI is InChI=1S/C20H20N4O3/c1-3-17-20(27-16-6-4-5-13(21)11-16)24-19(18(12-25)23-17)22-14-7-9-15(26-2)10-8-14/h4-12H,3,21H2,1-2H3,(H,22,24). The topological polar surface area (TPSA) is 99.4 Å². The molecule has 0 unspecified atom stereocenters. The number of aryl methyl sites for hydroxylation is 1. The second kappa shape index (κ2) is 8.18. The van der Waals surface area contributed by atoms with Gasteiger partial charge >= 0.3 is 0 Å². The first-order valence-electron chi connectivity index (χ1n) is 8.43. The maximum atomic E-state index is 11.5. The lowest BCUT2D eigenvalue weighted by Crippen LogP contribution is -2.07. The molecule has 7 heteroatoms. The summed E-state index contributed by atoms with van der Waals surface area (Å²) in [5, 5.41) is 3.10. The highest BCUT2D eigenvalue weighted by Crippen LogP contribution is 2.28. The van der Waals surface area contributed by atoms with E-state index in [2.05, 4.69) is 15.3 Å². The van der Waals surface area contributed by atoms with Gasteiger partial charge in [0, 0.05) is 17.4 Å². The van der Waals surface area contributed by atoms with Crippen LogP contribution in [0.5, 0.6) is 17.4 Å². The predicted molar refractivity (Wildman–Crippen MR) is 104 cm³/mol. The fourth-order valence-corrected chi connectivity index (χ4v) is 2.46. The Balaban J connectivity index is 1.95. The summed E-state index contributed by atoms with van der Waals surface area (Å²) < 4.78 is 11.0. The van der Waals surface area contributed by atoms with E-state index in [9.17, 15) is 4.79 Å². The molecule has 2 aromatic carbocycles. The van der Waals surface area contributed by atoms with E-state index in [4.69, 9.17) is 15.2 Å². The van der Waals surface area contributed by atoms with Crippen molar-refractivity contribution in [3.63, 3.8) is 0 Å². The molecule has 0 bridgehead atoms. The predicted octanol–water partition coefficient (Wildman–Crippen LogP) is 3.98. The molecule has 0 spiro atoms. The van der Waals surface area contributed by atoms with Crippen LogP contribution in [-0.4, -0.2) is 23.4 Å². The molecule has 0 amide bonds. The third-order valence-electron chi connectivity index (χ3n) is 3.83. The van der Waals surface area contributed by atoms with Gasteiger partial charge in [-0.3, -0.25) is 4.79 Å². The summed E-state index contributed by atoms with van der Waals surface area (Å²) in [6, 6.07) is 14.3. The van der Waals surface area contributed by atoms with Crippen LogP contribution in [0.1, 0.15) is 23.1 Å². The van der Waals surface area contributed by atoms with Crippen LogP contribution in [0.15, 0.2) is 48.5 Å². The van der Waals surface area contributed by atoms with Crippen molar-refractivity contribution in [3.05, 3.63) is 59.9 Å². The van der Waals surface area contributed by atoms with Crippen molar-refractivity contribution in [1.82, 2.24) is 9.97 Å². The van der Waals surface area contributed by atoms with E-state index in [0.717, 1.165) is 11.4 Å². The Kier molecular flexibility index (Phi) is 5.51. The highest BCUT2D eigenvalue weighted by Gasteiger charge is 2.15. The lowest BCUT2D eigenvalue weighted by Gasteiger charge is -2.13. The van der Waals surface area contributed by atoms with Gasteiger partial charge in [0.1, 0.15) is 22.9 Å². The maximum absolute atomic E-state index is 11.5. The number of nitrogen functional groups attached to an aromatic ring is 1. The van der Waals surface area contributed by atoms with Gasteiger partial charge in [0.05, 0.1) is 7.11 Å². The van der Waals surface area contributed by atoms with Gasteiger partial charge in [-0.1, -0.05) is 13.0 Å². The second-order valence-electron chi connectivity index (χ2n) is 5.71. The fourth-order valence-electron chi connectivity index (χ4n) is 2.46. The summed E-state index contributed by atoms with van der Waals surface area (Å²) in [6.07, 6.45) is 1.23. The number of carbonyl (C=O) groups is 1. The van der Waals surface area contributed by atoms with Crippen molar-refractivity contribution in [3.8, 4) is 17.4 Å². The third-order valence-corrected chi connectivity index (χ3v) is 3.83. The molecule has 0 atom stereocenters. The number of hydrogen-bond donors (Lipinski definition) is 2. The number of nitrogens with zero attached hydrogens (tertiary/aromatic N) is 2. The Morgan fingerprint density at radius 3 is 2.52 bits per heavy atom. The first-order valence-corrected chi connectivity index (χ1v) is 8.43. The van der Waals surface area contributed by atoms with Crippen molar-refractivity contribution in [2.45, 2.75) is 13.3 Å². The van der Waals surface area contributed by atoms with Gasteiger partial charge in [0.25, 0.3) is 0 Å². The average molecular weight is 364 g/mol. The minimum atomic E-state index is 0.211. The number of ether oxygens (including phenoxy) is 2. The lowest BCUT2D eigenvalue weighted by molar-refractivity contribution is 0.111. The van der Waals surface area contributed by atoms with Gasteiger partial charge < -0.3 is 20.5 Å². The van der Waals surface area contributed by atoms with Crippen LogP contribution in [0.2, 0.25) is 0 Å². The van der Waals surface area contributed by atoms with Crippen molar-refractivity contribution < 1.29 is 14.3 Å². The van der Waals surface area contributed by atoms with Gasteiger partial charge in [0.15, 0.2) is 12.1 Å². The maximum Gasteiger partial charge on any atom is 0.243 e. The summed E-state index contributed by atoms with van der Waals surface area (Å²) in [5.74, 6) is 1.92. The highest BCUT2D eigenvalue weighted by molar-refractivity contribution is 5.82. The Morgan fingerprint density at radius 1 is 1.11 bits per heavy atom. The molecular formula is C20H20N4O3. The summed E-state index contributed by atoms with van der Waals surface area (Å²) in [5.41, 5.74) is 7.92. The molecule has 1 aromatic heterocycles. The lowest BCUT2D eigenvalue weighted by atomic mass is 10.2. The largest absolute Gasteiger partial charge is 0.497 e. The van der Waals surface area contributed by atoms with Crippen LogP contribution in [0.4, 0.5) is 17.2 Å². The van der Waals surface area contributed by atoms with Gasteiger partial charge in [-0.15, -0.1) is 0 Å². The van der Waals surface area contributed by atoms with Crippen molar-refractivity contribution in [2.24, 2.45) is 0 Å². The molecule has 0 radical (unpaired) electrons. The molecule has 3 aromatic rings. The summed E-state index contributed by atoms with van der Waals surface area (Å²) in [6.45, 7) is 1.92. The SMILES string of the molecule is CCc1nc(C=O)c(Nc2ccc(OC)cc2)nc1Oc1cccc(N)c1. The molecule has 0 aliphatic rings. The Morgan fingerprint density at radius 2 is 1.89 bits per heavy atom. The third kappa shape index (κ3) is 4.33. The fraction of sp³-hybridized carbons (Fsp3) is 0.150. The van der Waals surface area contributed by atoms with Gasteiger partial charge in [-0.2, -0.15) is 4.98 Å². The van der Waals surface area contributed by atoms with Crippen LogP contribution >= 0.6 is 0 Å². The molecule has 138 valence electrons. The summed E-state index contributed by atoms with van der Waals surface area (Å²) in [4.78, 5) is 20.3. The van der Waals surface area contributed by atoms with Gasteiger partial charge in [0.2, 0.25) is 5.88 Å². The van der Waals surface area contributed by atoms with Crippen molar-refractivity contribution >= 4 is 23.5 Å². The minimum absolute atomic E-state index is 0.211. The molecule has 7 nitrogen and oxygen atoms in total. The number of rotatable bonds is 7. The molecular weight excluding hydrogens is 344 g/mol. The summed E-state index contributed by atoms with van der Waals surface area (Å²) in [7, 11) is 1.60. The van der Waals surface area contributed by atoms with Gasteiger partial charge in [-0.05, 0) is 42.8 Å². The number of carbonyl (C=O) groups excluding carboxylic acids is 1. The number of hydrogen-bond acceptors (Lipinski definition) is 7. The molecule has 0 fully saturated rings. The van der Waals surface area contributed by atoms with Crippen LogP contribution in [0.3, 0.4) is 0 Å². The van der Waals surface area contributed by atoms with E-state index in [1.807, 2.05) is 19.1 Å². The first kappa shape index (κ1) is 18.2. The number of benzene rings is 2. The summed E-state index contributed by atoms with van der Waals surface area (Å²) >= 11 is 0. The second-order valence-corrected chi connectivity index (χ2v) is 5.71. The van der Waals surface area contributed by atoms with E-state index in [0.29, 0.717) is 41.5 Å². The smallest absolute Gasteiger partial charge is 0.243 e. The average Bonchev–Trinajstić information content (AvgIpc) is 2.69. The number of aldehydes is 1. The monoisotopic (exact) mass is 364 g/mol. The number of anilines is 3. The van der Waals surface area contributed by atoms with Crippen LogP contribution in [0, 0.1) is 0 Å². The Bertz CT molecular complexity index is 942. The molecule has 3 rings (SSSR count). The molecule has 3 N–H and O–H groups in total. The Hall–Kier alpha value is -3.61. The van der Waals surface area contributed by atoms with E-state index in [-0.39, 0.29) is 5.69 Å². The van der Waals surface area contributed by atoms with Crippen LogP contribution < -0.4 is 20.5 Å². The first-order chi connectivity index (χ1) is 13.1. The van der Waals surface area contributed by atoms with Gasteiger partial charge in [-0.25, -0.2) is 4.98 Å². The Labute approximate surface area is 157 Å².